The molecule has 0 heterocycles. The summed E-state index contributed by atoms with van der Waals surface area (Å²) >= 11 is 0. The van der Waals surface area contributed by atoms with Gasteiger partial charge in [-0.1, -0.05) is 19.1 Å². The monoisotopic (exact) mass is 302 g/mol. The number of hydrogen-bond acceptors (Lipinski definition) is 4. The van der Waals surface area contributed by atoms with Crippen LogP contribution in [-0.2, 0) is 0 Å². The van der Waals surface area contributed by atoms with Crippen molar-refractivity contribution in [2.75, 3.05) is 14.2 Å². The average molecular weight is 302 g/mol. The van der Waals surface area contributed by atoms with Gasteiger partial charge in [-0.15, -0.1) is 0 Å². The Morgan fingerprint density at radius 1 is 1.00 bits per heavy atom. The van der Waals surface area contributed by atoms with Gasteiger partial charge in [0.25, 0.3) is 0 Å². The highest BCUT2D eigenvalue weighted by atomic mass is 16.5. The smallest absolute Gasteiger partial charge is 0.129 e. The molecular weight excluding hydrogens is 280 g/mol. The molecule has 1 unspecified atom stereocenters. The molecule has 2 N–H and O–H groups in total. The standard InChI is InChI=1S/C18H22O4/c1-5-13(14-7-6-12(19)10-16(14)20)15-8-9-17(21-3)11(2)18(15)22-4/h6-10,13,19-20H,5H2,1-4H3. The number of hydrogen-bond donors (Lipinski definition) is 2. The van der Waals surface area contributed by atoms with E-state index >= 15 is 0 Å². The van der Waals surface area contributed by atoms with E-state index in [1.807, 2.05) is 19.1 Å². The lowest BCUT2D eigenvalue weighted by atomic mass is 9.86. The number of methoxy groups -OCH3 is 2. The van der Waals surface area contributed by atoms with Gasteiger partial charge in [-0.2, -0.15) is 0 Å². The van der Waals surface area contributed by atoms with Gasteiger partial charge in [0.15, 0.2) is 0 Å². The molecular formula is C18H22O4. The zero-order valence-electron chi connectivity index (χ0n) is 13.4. The minimum atomic E-state index is -0.0276. The maximum Gasteiger partial charge on any atom is 0.129 e. The normalized spacial score (nSPS) is 12.0. The minimum Gasteiger partial charge on any atom is -0.508 e. The fourth-order valence-corrected chi connectivity index (χ4v) is 2.90. The highest BCUT2D eigenvalue weighted by Gasteiger charge is 2.22. The second-order valence-corrected chi connectivity index (χ2v) is 5.22. The van der Waals surface area contributed by atoms with Crippen LogP contribution in [0, 0.1) is 6.92 Å². The van der Waals surface area contributed by atoms with E-state index in [1.54, 1.807) is 26.4 Å². The second-order valence-electron chi connectivity index (χ2n) is 5.22. The molecule has 2 rings (SSSR count). The summed E-state index contributed by atoms with van der Waals surface area (Å²) in [5, 5.41) is 19.6. The summed E-state index contributed by atoms with van der Waals surface area (Å²) in [6, 6.07) is 8.57. The molecule has 0 amide bonds. The van der Waals surface area contributed by atoms with Crippen molar-refractivity contribution in [3.05, 3.63) is 47.0 Å². The average Bonchev–Trinajstić information content (AvgIpc) is 2.50. The van der Waals surface area contributed by atoms with Gasteiger partial charge in [-0.25, -0.2) is 0 Å². The molecule has 2 aromatic rings. The molecule has 0 aromatic heterocycles. The van der Waals surface area contributed by atoms with Crippen molar-refractivity contribution >= 4 is 0 Å². The SMILES string of the molecule is CCC(c1ccc(O)cc1O)c1ccc(OC)c(C)c1OC. The van der Waals surface area contributed by atoms with Crippen molar-refractivity contribution in [1.29, 1.82) is 0 Å². The topological polar surface area (TPSA) is 58.9 Å². The van der Waals surface area contributed by atoms with Crippen LogP contribution in [0.4, 0.5) is 0 Å². The van der Waals surface area contributed by atoms with Crippen molar-refractivity contribution in [3.8, 4) is 23.0 Å². The van der Waals surface area contributed by atoms with Gasteiger partial charge in [0.1, 0.15) is 23.0 Å². The molecule has 0 aliphatic carbocycles. The zero-order chi connectivity index (χ0) is 16.3. The van der Waals surface area contributed by atoms with Crippen LogP contribution >= 0.6 is 0 Å². The third kappa shape index (κ3) is 2.82. The van der Waals surface area contributed by atoms with E-state index in [1.165, 1.54) is 6.07 Å². The van der Waals surface area contributed by atoms with Gasteiger partial charge < -0.3 is 19.7 Å². The van der Waals surface area contributed by atoms with Gasteiger partial charge in [-0.3, -0.25) is 0 Å². The van der Waals surface area contributed by atoms with Gasteiger partial charge >= 0.3 is 0 Å². The molecule has 4 nitrogen and oxygen atoms in total. The first-order chi connectivity index (χ1) is 10.5. The maximum atomic E-state index is 10.2. The van der Waals surface area contributed by atoms with Crippen molar-refractivity contribution in [1.82, 2.24) is 0 Å². The summed E-state index contributed by atoms with van der Waals surface area (Å²) in [6.07, 6.45) is 0.792. The molecule has 1 atom stereocenters. The Morgan fingerprint density at radius 2 is 1.68 bits per heavy atom. The largest absolute Gasteiger partial charge is 0.508 e. The van der Waals surface area contributed by atoms with Crippen molar-refractivity contribution in [2.24, 2.45) is 0 Å². The first-order valence-electron chi connectivity index (χ1n) is 7.26. The molecule has 2 aromatic carbocycles. The summed E-state index contributed by atoms with van der Waals surface area (Å²) in [5.41, 5.74) is 2.69. The Kier molecular flexibility index (Phi) is 4.81. The predicted molar refractivity (Wildman–Crippen MR) is 86.2 cm³/mol. The lowest BCUT2D eigenvalue weighted by Crippen LogP contribution is -2.05. The number of ether oxygens (including phenoxy) is 2. The van der Waals surface area contributed by atoms with Crippen LogP contribution < -0.4 is 9.47 Å². The zero-order valence-corrected chi connectivity index (χ0v) is 13.4. The summed E-state index contributed by atoms with van der Waals surface area (Å²) in [4.78, 5) is 0. The number of phenolic OH excluding ortho intramolecular Hbond substituents is 2. The number of rotatable bonds is 5. The third-order valence-electron chi connectivity index (χ3n) is 3.98. The molecule has 0 aliphatic heterocycles. The highest BCUT2D eigenvalue weighted by molar-refractivity contribution is 5.55. The van der Waals surface area contributed by atoms with Crippen LogP contribution in [0.1, 0.15) is 36.0 Å². The molecule has 22 heavy (non-hydrogen) atoms. The van der Waals surface area contributed by atoms with Gasteiger partial charge in [0.05, 0.1) is 14.2 Å². The molecule has 0 fully saturated rings. The Bertz CT molecular complexity index is 664. The third-order valence-corrected chi connectivity index (χ3v) is 3.98. The highest BCUT2D eigenvalue weighted by Crippen LogP contribution is 2.42. The van der Waals surface area contributed by atoms with Crippen LogP contribution in [0.2, 0.25) is 0 Å². The molecule has 0 spiro atoms. The molecule has 0 radical (unpaired) electrons. The van der Waals surface area contributed by atoms with E-state index in [9.17, 15) is 10.2 Å². The number of phenols is 2. The van der Waals surface area contributed by atoms with E-state index in [0.29, 0.717) is 0 Å². The van der Waals surface area contributed by atoms with E-state index in [-0.39, 0.29) is 17.4 Å². The number of benzene rings is 2. The van der Waals surface area contributed by atoms with E-state index in [4.69, 9.17) is 9.47 Å². The lowest BCUT2D eigenvalue weighted by Gasteiger charge is -2.22. The quantitative estimate of drug-likeness (QED) is 0.877. The minimum absolute atomic E-state index is 0.0276. The van der Waals surface area contributed by atoms with Crippen LogP contribution in [-0.4, -0.2) is 24.4 Å². The predicted octanol–water partition coefficient (Wildman–Crippen LogP) is 3.97. The summed E-state index contributed by atoms with van der Waals surface area (Å²) in [5.74, 6) is 1.64. The van der Waals surface area contributed by atoms with Crippen molar-refractivity contribution in [2.45, 2.75) is 26.2 Å². The van der Waals surface area contributed by atoms with Crippen molar-refractivity contribution in [3.63, 3.8) is 0 Å². The Morgan fingerprint density at radius 3 is 2.23 bits per heavy atom. The lowest BCUT2D eigenvalue weighted by molar-refractivity contribution is 0.383. The Labute approximate surface area is 130 Å². The van der Waals surface area contributed by atoms with Crippen LogP contribution in [0.5, 0.6) is 23.0 Å². The first kappa shape index (κ1) is 16.0. The molecule has 118 valence electrons. The van der Waals surface area contributed by atoms with Gasteiger partial charge in [-0.05, 0) is 25.5 Å². The fraction of sp³-hybridized carbons (Fsp3) is 0.333. The number of aromatic hydroxyl groups is 2. The van der Waals surface area contributed by atoms with E-state index in [2.05, 4.69) is 6.92 Å². The van der Waals surface area contributed by atoms with Crippen LogP contribution in [0.3, 0.4) is 0 Å². The second kappa shape index (κ2) is 6.60. The Balaban J connectivity index is 2.58. The summed E-state index contributed by atoms with van der Waals surface area (Å²) in [7, 11) is 3.26. The molecule has 0 bridgehead atoms. The summed E-state index contributed by atoms with van der Waals surface area (Å²) < 4.78 is 10.9. The van der Waals surface area contributed by atoms with Crippen LogP contribution in [0.15, 0.2) is 30.3 Å². The summed E-state index contributed by atoms with van der Waals surface area (Å²) in [6.45, 7) is 4.00. The molecule has 0 aliphatic rings. The Hall–Kier alpha value is -2.36. The fourth-order valence-electron chi connectivity index (χ4n) is 2.90. The van der Waals surface area contributed by atoms with Gasteiger partial charge in [0, 0.05) is 28.7 Å². The van der Waals surface area contributed by atoms with Gasteiger partial charge in [0.2, 0.25) is 0 Å². The molecule has 4 heteroatoms. The molecule has 0 saturated carbocycles. The van der Waals surface area contributed by atoms with Crippen LogP contribution in [0.25, 0.3) is 0 Å². The molecule has 0 saturated heterocycles. The maximum absolute atomic E-state index is 10.2. The van der Waals surface area contributed by atoms with E-state index in [0.717, 1.165) is 34.6 Å². The van der Waals surface area contributed by atoms with Crippen molar-refractivity contribution < 1.29 is 19.7 Å². The first-order valence-corrected chi connectivity index (χ1v) is 7.26. The van der Waals surface area contributed by atoms with E-state index < -0.39 is 0 Å².